The number of thiophene rings is 1. The number of rotatable bonds is 2. The molecular weight excluding hydrogens is 242 g/mol. The Morgan fingerprint density at radius 1 is 1.44 bits per heavy atom. The second kappa shape index (κ2) is 4.71. The Hall–Kier alpha value is -1.99. The molecule has 0 radical (unpaired) electrons. The number of nitriles is 1. The molecule has 0 aliphatic heterocycles. The number of hydrogen-bond acceptors (Lipinski definition) is 4. The molecule has 3 nitrogen and oxygen atoms in total. The van der Waals surface area contributed by atoms with Crippen molar-refractivity contribution in [2.24, 2.45) is 4.99 Å². The van der Waals surface area contributed by atoms with Crippen LogP contribution in [0.1, 0.15) is 28.0 Å². The van der Waals surface area contributed by atoms with Gasteiger partial charge in [-0.3, -0.25) is 4.98 Å². The fraction of sp³-hybridized carbons (Fsp3) is 0.214. The molecule has 0 atom stereocenters. The largest absolute Gasteiger partial charge is 0.264 e. The highest BCUT2D eigenvalue weighted by atomic mass is 32.1. The van der Waals surface area contributed by atoms with Gasteiger partial charge in [0, 0.05) is 29.0 Å². The monoisotopic (exact) mass is 253 g/mol. The first kappa shape index (κ1) is 11.1. The quantitative estimate of drug-likeness (QED) is 0.771. The average Bonchev–Trinajstić information content (AvgIpc) is 2.97. The Morgan fingerprint density at radius 2 is 2.39 bits per heavy atom. The van der Waals surface area contributed by atoms with E-state index >= 15 is 0 Å². The van der Waals surface area contributed by atoms with Crippen LogP contribution in [0.15, 0.2) is 29.5 Å². The first-order chi connectivity index (χ1) is 8.88. The van der Waals surface area contributed by atoms with Gasteiger partial charge in [-0.05, 0) is 30.9 Å². The Bertz CT molecular complexity index is 635. The zero-order valence-corrected chi connectivity index (χ0v) is 10.6. The number of pyridine rings is 1. The van der Waals surface area contributed by atoms with Crippen LogP contribution in [-0.4, -0.2) is 11.2 Å². The van der Waals surface area contributed by atoms with E-state index < -0.39 is 0 Å². The van der Waals surface area contributed by atoms with Crippen LogP contribution in [0.25, 0.3) is 0 Å². The maximum atomic E-state index is 9.24. The van der Waals surface area contributed by atoms with Gasteiger partial charge in [-0.25, -0.2) is 4.99 Å². The molecule has 0 bridgehead atoms. The van der Waals surface area contributed by atoms with Crippen LogP contribution in [0.3, 0.4) is 0 Å². The van der Waals surface area contributed by atoms with Gasteiger partial charge in [0.15, 0.2) is 0 Å². The predicted octanol–water partition coefficient (Wildman–Crippen LogP) is 3.25. The minimum Gasteiger partial charge on any atom is -0.264 e. The van der Waals surface area contributed by atoms with Crippen molar-refractivity contribution in [3.8, 4) is 6.07 Å². The summed E-state index contributed by atoms with van der Waals surface area (Å²) >= 11 is 1.65. The van der Waals surface area contributed by atoms with E-state index in [0.717, 1.165) is 29.0 Å². The first-order valence-electron chi connectivity index (χ1n) is 5.87. The van der Waals surface area contributed by atoms with Crippen molar-refractivity contribution in [2.75, 3.05) is 0 Å². The summed E-state index contributed by atoms with van der Waals surface area (Å²) in [5.74, 6) is 0. The molecule has 0 saturated carbocycles. The molecule has 2 aromatic heterocycles. The number of aryl methyl sites for hydroxylation is 1. The highest BCUT2D eigenvalue weighted by molar-refractivity contribution is 7.16. The lowest BCUT2D eigenvalue weighted by molar-refractivity contribution is 0.913. The van der Waals surface area contributed by atoms with Crippen molar-refractivity contribution >= 4 is 22.6 Å². The number of hydrogen-bond donors (Lipinski definition) is 0. The highest BCUT2D eigenvalue weighted by Gasteiger charge is 2.21. The average molecular weight is 253 g/mol. The number of nitrogens with zero attached hydrogens (tertiary/aromatic N) is 3. The Balaban J connectivity index is 1.95. The van der Waals surface area contributed by atoms with E-state index in [-0.39, 0.29) is 0 Å². The fourth-order valence-electron chi connectivity index (χ4n) is 2.18. The molecule has 2 heterocycles. The van der Waals surface area contributed by atoms with E-state index in [9.17, 15) is 5.26 Å². The van der Waals surface area contributed by atoms with Gasteiger partial charge < -0.3 is 0 Å². The van der Waals surface area contributed by atoms with E-state index in [1.165, 1.54) is 16.9 Å². The summed E-state index contributed by atoms with van der Waals surface area (Å²) in [5.41, 5.74) is 2.95. The lowest BCUT2D eigenvalue weighted by Crippen LogP contribution is -1.82. The molecule has 0 fully saturated rings. The van der Waals surface area contributed by atoms with Gasteiger partial charge in [0.05, 0.1) is 5.56 Å². The summed E-state index contributed by atoms with van der Waals surface area (Å²) in [7, 11) is 0. The summed E-state index contributed by atoms with van der Waals surface area (Å²) in [6.45, 7) is 0. The topological polar surface area (TPSA) is 49.0 Å². The summed E-state index contributed by atoms with van der Waals surface area (Å²) in [6.07, 6.45) is 8.56. The third kappa shape index (κ3) is 1.93. The molecular formula is C14H11N3S. The van der Waals surface area contributed by atoms with Crippen LogP contribution in [0.5, 0.6) is 0 Å². The molecule has 2 aromatic rings. The summed E-state index contributed by atoms with van der Waals surface area (Å²) in [5, 5.41) is 10.1. The SMILES string of the molecule is N#Cc1c(/N=C/c2cccnc2)sc2c1CCC2. The second-order valence-electron chi connectivity index (χ2n) is 4.19. The van der Waals surface area contributed by atoms with Crippen molar-refractivity contribution in [2.45, 2.75) is 19.3 Å². The van der Waals surface area contributed by atoms with Gasteiger partial charge in [0.25, 0.3) is 0 Å². The van der Waals surface area contributed by atoms with E-state index in [1.54, 1.807) is 29.9 Å². The molecule has 0 saturated heterocycles. The number of fused-ring (bicyclic) bond motifs is 1. The summed E-state index contributed by atoms with van der Waals surface area (Å²) < 4.78 is 0. The van der Waals surface area contributed by atoms with Crippen LogP contribution in [0.2, 0.25) is 0 Å². The molecule has 18 heavy (non-hydrogen) atoms. The zero-order valence-electron chi connectivity index (χ0n) is 9.76. The van der Waals surface area contributed by atoms with Gasteiger partial charge in [-0.2, -0.15) is 5.26 Å². The zero-order chi connectivity index (χ0) is 12.4. The first-order valence-corrected chi connectivity index (χ1v) is 6.69. The Kier molecular flexibility index (Phi) is 2.91. The van der Waals surface area contributed by atoms with E-state index in [4.69, 9.17) is 0 Å². The van der Waals surface area contributed by atoms with Crippen LogP contribution in [0, 0.1) is 11.3 Å². The molecule has 88 valence electrons. The molecule has 4 heteroatoms. The van der Waals surface area contributed by atoms with Crippen LogP contribution >= 0.6 is 11.3 Å². The van der Waals surface area contributed by atoms with Crippen LogP contribution in [0.4, 0.5) is 5.00 Å². The molecule has 1 aliphatic carbocycles. The molecule has 3 rings (SSSR count). The van der Waals surface area contributed by atoms with Gasteiger partial charge in [0.1, 0.15) is 11.1 Å². The highest BCUT2D eigenvalue weighted by Crippen LogP contribution is 2.40. The predicted molar refractivity (Wildman–Crippen MR) is 72.6 cm³/mol. The third-order valence-corrected chi connectivity index (χ3v) is 4.23. The smallest absolute Gasteiger partial charge is 0.134 e. The van der Waals surface area contributed by atoms with E-state index in [0.29, 0.717) is 0 Å². The van der Waals surface area contributed by atoms with Crippen molar-refractivity contribution in [3.63, 3.8) is 0 Å². The lowest BCUT2D eigenvalue weighted by atomic mass is 10.1. The van der Waals surface area contributed by atoms with Gasteiger partial charge in [-0.15, -0.1) is 11.3 Å². The minimum absolute atomic E-state index is 0.771. The van der Waals surface area contributed by atoms with Gasteiger partial charge in [-0.1, -0.05) is 6.07 Å². The maximum Gasteiger partial charge on any atom is 0.134 e. The second-order valence-corrected chi connectivity index (χ2v) is 5.28. The lowest BCUT2D eigenvalue weighted by Gasteiger charge is -1.93. The molecule has 0 amide bonds. The standard InChI is InChI=1S/C14H11N3S/c15-7-12-11-4-1-5-13(11)18-14(12)17-9-10-3-2-6-16-8-10/h2-3,6,8-9H,1,4-5H2/b17-9+. The van der Waals surface area contributed by atoms with Crippen molar-refractivity contribution in [1.29, 1.82) is 5.26 Å². The van der Waals surface area contributed by atoms with E-state index in [2.05, 4.69) is 16.0 Å². The molecule has 0 unspecified atom stereocenters. The molecule has 0 aromatic carbocycles. The van der Waals surface area contributed by atoms with Crippen molar-refractivity contribution in [3.05, 3.63) is 46.1 Å². The number of aromatic nitrogens is 1. The minimum atomic E-state index is 0.771. The maximum absolute atomic E-state index is 9.24. The number of aliphatic imine (C=N–C) groups is 1. The fourth-order valence-corrected chi connectivity index (χ4v) is 3.37. The summed E-state index contributed by atoms with van der Waals surface area (Å²) in [4.78, 5) is 9.82. The molecule has 1 aliphatic rings. The Morgan fingerprint density at radius 3 is 3.17 bits per heavy atom. The van der Waals surface area contributed by atoms with E-state index in [1.807, 2.05) is 12.1 Å². The summed E-state index contributed by atoms with van der Waals surface area (Å²) in [6, 6.07) is 6.12. The molecule has 0 spiro atoms. The van der Waals surface area contributed by atoms with Crippen LogP contribution < -0.4 is 0 Å². The van der Waals surface area contributed by atoms with Crippen LogP contribution in [-0.2, 0) is 12.8 Å². The Labute approximate surface area is 109 Å². The normalized spacial score (nSPS) is 13.7. The van der Waals surface area contributed by atoms with Crippen molar-refractivity contribution in [1.82, 2.24) is 4.98 Å². The van der Waals surface area contributed by atoms with Crippen molar-refractivity contribution < 1.29 is 0 Å². The third-order valence-electron chi connectivity index (χ3n) is 3.03. The van der Waals surface area contributed by atoms with Gasteiger partial charge >= 0.3 is 0 Å². The molecule has 0 N–H and O–H groups in total. The van der Waals surface area contributed by atoms with Gasteiger partial charge in [0.2, 0.25) is 0 Å².